The molecule has 0 spiro atoms. The van der Waals surface area contributed by atoms with Crippen LogP contribution in [0.1, 0.15) is 64.4 Å². The van der Waals surface area contributed by atoms with E-state index in [2.05, 4.69) is 49.5 Å². The van der Waals surface area contributed by atoms with Crippen molar-refractivity contribution in [2.24, 2.45) is 5.92 Å². The molecule has 0 radical (unpaired) electrons. The molecule has 0 aliphatic heterocycles. The topological polar surface area (TPSA) is 12.0 Å². The Bertz CT molecular complexity index is 367. The zero-order valence-corrected chi connectivity index (χ0v) is 13.3. The van der Waals surface area contributed by atoms with E-state index in [0.717, 1.165) is 19.0 Å². The summed E-state index contributed by atoms with van der Waals surface area (Å²) in [7, 11) is 0. The maximum atomic E-state index is 3.70. The van der Waals surface area contributed by atoms with Crippen LogP contribution >= 0.6 is 0 Å². The molecule has 1 fully saturated rings. The summed E-state index contributed by atoms with van der Waals surface area (Å²) in [6, 6.07) is 11.2. The Morgan fingerprint density at radius 1 is 1.10 bits per heavy atom. The van der Waals surface area contributed by atoms with Crippen molar-refractivity contribution in [2.75, 3.05) is 13.1 Å². The summed E-state index contributed by atoms with van der Waals surface area (Å²) in [5.74, 6) is 0.943. The van der Waals surface area contributed by atoms with Gasteiger partial charge in [-0.15, -0.1) is 0 Å². The van der Waals surface area contributed by atoms with Gasteiger partial charge in [0, 0.05) is 12.0 Å². The average molecular weight is 273 g/mol. The molecule has 1 saturated carbocycles. The molecule has 1 aromatic rings. The van der Waals surface area contributed by atoms with Crippen molar-refractivity contribution in [1.82, 2.24) is 5.32 Å². The number of hydrogen-bond acceptors (Lipinski definition) is 1. The highest BCUT2D eigenvalue weighted by atomic mass is 14.9. The first-order valence-electron chi connectivity index (χ1n) is 8.57. The molecule has 0 bridgehead atoms. The molecular formula is C19H31N. The average Bonchev–Trinajstić information content (AvgIpc) is 3.00. The van der Waals surface area contributed by atoms with E-state index in [1.807, 2.05) is 0 Å². The molecule has 0 heterocycles. The van der Waals surface area contributed by atoms with Gasteiger partial charge in [-0.25, -0.2) is 0 Å². The summed E-state index contributed by atoms with van der Waals surface area (Å²) < 4.78 is 0. The Labute approximate surface area is 125 Å². The standard InChI is InChI=1S/C19H31N/c1-3-14-20-16-19(4-2,15-17-10-8-9-11-17)18-12-6-5-7-13-18/h5-7,12-13,17,20H,3-4,8-11,14-16H2,1-2H3. The van der Waals surface area contributed by atoms with Crippen LogP contribution in [0.4, 0.5) is 0 Å². The molecule has 0 aromatic heterocycles. The lowest BCUT2D eigenvalue weighted by atomic mass is 9.71. The normalized spacial score (nSPS) is 19.1. The second-order valence-electron chi connectivity index (χ2n) is 6.53. The minimum atomic E-state index is 0.339. The van der Waals surface area contributed by atoms with Crippen molar-refractivity contribution < 1.29 is 0 Å². The predicted octanol–water partition coefficient (Wildman–Crippen LogP) is 4.91. The molecule has 1 heteroatoms. The van der Waals surface area contributed by atoms with Crippen molar-refractivity contribution in [3.8, 4) is 0 Å². The zero-order valence-electron chi connectivity index (χ0n) is 13.3. The van der Waals surface area contributed by atoms with Crippen LogP contribution in [0, 0.1) is 5.92 Å². The van der Waals surface area contributed by atoms with Crippen molar-refractivity contribution in [2.45, 2.75) is 64.2 Å². The highest BCUT2D eigenvalue weighted by Gasteiger charge is 2.33. The first kappa shape index (κ1) is 15.6. The Morgan fingerprint density at radius 2 is 1.80 bits per heavy atom. The van der Waals surface area contributed by atoms with Gasteiger partial charge in [0.05, 0.1) is 0 Å². The monoisotopic (exact) mass is 273 g/mol. The minimum absolute atomic E-state index is 0.339. The Kier molecular flexibility index (Phi) is 6.09. The maximum absolute atomic E-state index is 3.70. The minimum Gasteiger partial charge on any atom is -0.316 e. The van der Waals surface area contributed by atoms with Crippen LogP contribution in [-0.4, -0.2) is 13.1 Å². The number of rotatable bonds is 8. The third kappa shape index (κ3) is 3.85. The van der Waals surface area contributed by atoms with Crippen molar-refractivity contribution in [1.29, 1.82) is 0 Å². The summed E-state index contributed by atoms with van der Waals surface area (Å²) in [5, 5.41) is 3.70. The highest BCUT2D eigenvalue weighted by molar-refractivity contribution is 5.26. The maximum Gasteiger partial charge on any atom is 0.00778 e. The molecule has 1 nitrogen and oxygen atoms in total. The van der Waals surface area contributed by atoms with Crippen molar-refractivity contribution >= 4 is 0 Å². The van der Waals surface area contributed by atoms with Gasteiger partial charge < -0.3 is 5.32 Å². The first-order valence-corrected chi connectivity index (χ1v) is 8.57. The summed E-state index contributed by atoms with van der Waals surface area (Å²) in [6.45, 7) is 6.90. The molecule has 0 amide bonds. The van der Waals surface area contributed by atoms with Crippen LogP contribution in [0.2, 0.25) is 0 Å². The number of hydrogen-bond donors (Lipinski definition) is 1. The van der Waals surface area contributed by atoms with Crippen LogP contribution in [0.25, 0.3) is 0 Å². The van der Waals surface area contributed by atoms with Crippen molar-refractivity contribution in [3.05, 3.63) is 35.9 Å². The summed E-state index contributed by atoms with van der Waals surface area (Å²) >= 11 is 0. The molecule has 112 valence electrons. The van der Waals surface area contributed by atoms with E-state index in [-0.39, 0.29) is 0 Å². The summed E-state index contributed by atoms with van der Waals surface area (Å²) in [4.78, 5) is 0. The van der Waals surface area contributed by atoms with Gasteiger partial charge in [-0.3, -0.25) is 0 Å². The van der Waals surface area contributed by atoms with Gasteiger partial charge in [0.2, 0.25) is 0 Å². The van der Waals surface area contributed by atoms with Gasteiger partial charge in [0.1, 0.15) is 0 Å². The van der Waals surface area contributed by atoms with E-state index < -0.39 is 0 Å². The fourth-order valence-corrected chi connectivity index (χ4v) is 3.83. The lowest BCUT2D eigenvalue weighted by Crippen LogP contribution is -2.39. The van der Waals surface area contributed by atoms with Gasteiger partial charge in [-0.05, 0) is 37.3 Å². The van der Waals surface area contributed by atoms with Gasteiger partial charge in [-0.1, -0.05) is 69.9 Å². The van der Waals surface area contributed by atoms with Gasteiger partial charge in [0.25, 0.3) is 0 Å². The van der Waals surface area contributed by atoms with E-state index in [1.165, 1.54) is 50.5 Å². The van der Waals surface area contributed by atoms with Crippen LogP contribution in [-0.2, 0) is 5.41 Å². The zero-order chi connectivity index (χ0) is 14.3. The molecule has 20 heavy (non-hydrogen) atoms. The predicted molar refractivity (Wildman–Crippen MR) is 88.1 cm³/mol. The third-order valence-electron chi connectivity index (χ3n) is 5.11. The van der Waals surface area contributed by atoms with Gasteiger partial charge in [-0.2, -0.15) is 0 Å². The number of benzene rings is 1. The Morgan fingerprint density at radius 3 is 2.40 bits per heavy atom. The van der Waals surface area contributed by atoms with E-state index in [9.17, 15) is 0 Å². The Balaban J connectivity index is 2.15. The molecule has 1 unspecified atom stereocenters. The molecule has 1 atom stereocenters. The molecule has 1 aromatic carbocycles. The second kappa shape index (κ2) is 7.83. The van der Waals surface area contributed by atoms with Crippen LogP contribution in [0.5, 0.6) is 0 Å². The van der Waals surface area contributed by atoms with Gasteiger partial charge >= 0.3 is 0 Å². The smallest absolute Gasteiger partial charge is 0.00778 e. The molecule has 1 N–H and O–H groups in total. The van der Waals surface area contributed by atoms with Crippen LogP contribution < -0.4 is 5.32 Å². The molecular weight excluding hydrogens is 242 g/mol. The third-order valence-corrected chi connectivity index (χ3v) is 5.11. The lowest BCUT2D eigenvalue weighted by Gasteiger charge is -2.36. The van der Waals surface area contributed by atoms with E-state index in [0.29, 0.717) is 5.41 Å². The van der Waals surface area contributed by atoms with Crippen LogP contribution in [0.15, 0.2) is 30.3 Å². The SMILES string of the molecule is CCCNCC(CC)(CC1CCCC1)c1ccccc1. The van der Waals surface area contributed by atoms with Crippen LogP contribution in [0.3, 0.4) is 0 Å². The quantitative estimate of drug-likeness (QED) is 0.663. The van der Waals surface area contributed by atoms with E-state index in [4.69, 9.17) is 0 Å². The molecule has 1 aliphatic carbocycles. The molecule has 2 rings (SSSR count). The Hall–Kier alpha value is -0.820. The molecule has 1 aliphatic rings. The first-order chi connectivity index (χ1) is 9.80. The summed E-state index contributed by atoms with van der Waals surface area (Å²) in [5.41, 5.74) is 1.88. The second-order valence-corrected chi connectivity index (χ2v) is 6.53. The van der Waals surface area contributed by atoms with Crippen molar-refractivity contribution in [3.63, 3.8) is 0 Å². The highest BCUT2D eigenvalue weighted by Crippen LogP contribution is 2.40. The van der Waals surface area contributed by atoms with E-state index >= 15 is 0 Å². The van der Waals surface area contributed by atoms with Gasteiger partial charge in [0.15, 0.2) is 0 Å². The largest absolute Gasteiger partial charge is 0.316 e. The fraction of sp³-hybridized carbons (Fsp3) is 0.684. The summed E-state index contributed by atoms with van der Waals surface area (Å²) in [6.07, 6.45) is 9.61. The molecule has 0 saturated heterocycles. The fourth-order valence-electron chi connectivity index (χ4n) is 3.83. The van der Waals surface area contributed by atoms with E-state index in [1.54, 1.807) is 0 Å². The lowest BCUT2D eigenvalue weighted by molar-refractivity contribution is 0.292. The number of nitrogens with one attached hydrogen (secondary N) is 1.